The lowest BCUT2D eigenvalue weighted by Gasteiger charge is -2.25. The van der Waals surface area contributed by atoms with Crippen LogP contribution in [0.3, 0.4) is 0 Å². The van der Waals surface area contributed by atoms with Gasteiger partial charge in [-0.05, 0) is 68.8 Å². The number of carboxylic acid groups (broad SMARTS) is 1. The summed E-state index contributed by atoms with van der Waals surface area (Å²) in [5.41, 5.74) is 1.03. The van der Waals surface area contributed by atoms with Crippen LogP contribution in [0.25, 0.3) is 17.4 Å². The van der Waals surface area contributed by atoms with E-state index in [1.165, 1.54) is 36.0 Å². The second-order valence-corrected chi connectivity index (χ2v) is 11.4. The molecule has 3 heterocycles. The standard InChI is InChI=1S/C33H29ClN2O10S/c1-5-43-25-14-18(8-11-24(25)45-16-27(37)42-4)29-28(32(41)44-6-2)17(3)35-33-36(29)30(38)26(47-33)15-20-9-12-23(46-20)21-13-19(31(39)40)7-10-22(21)34/h7-15,29H,5-6,16H2,1-4H3,(H,39,40)/b26-15-/t29-/m0/s1. The fourth-order valence-corrected chi connectivity index (χ4v) is 6.17. The van der Waals surface area contributed by atoms with E-state index < -0.39 is 29.5 Å². The quantitative estimate of drug-likeness (QED) is 0.226. The maximum absolute atomic E-state index is 14.0. The molecule has 0 aliphatic carbocycles. The summed E-state index contributed by atoms with van der Waals surface area (Å²) in [6.07, 6.45) is 1.54. The van der Waals surface area contributed by atoms with Crippen molar-refractivity contribution >= 4 is 46.9 Å². The third-order valence-corrected chi connectivity index (χ3v) is 8.37. The number of carboxylic acids is 1. The van der Waals surface area contributed by atoms with Crippen molar-refractivity contribution < 1.29 is 42.9 Å². The van der Waals surface area contributed by atoms with Crippen molar-refractivity contribution in [3.05, 3.63) is 101 Å². The van der Waals surface area contributed by atoms with Crippen LogP contribution >= 0.6 is 22.9 Å². The summed E-state index contributed by atoms with van der Waals surface area (Å²) in [5.74, 6) is -1.13. The summed E-state index contributed by atoms with van der Waals surface area (Å²) in [7, 11) is 1.25. The van der Waals surface area contributed by atoms with E-state index in [-0.39, 0.29) is 41.2 Å². The number of halogens is 1. The van der Waals surface area contributed by atoms with Crippen molar-refractivity contribution in [1.29, 1.82) is 0 Å². The molecular formula is C33H29ClN2O10S. The van der Waals surface area contributed by atoms with E-state index in [1.54, 1.807) is 51.1 Å². The molecule has 0 spiro atoms. The van der Waals surface area contributed by atoms with Gasteiger partial charge in [0.1, 0.15) is 11.5 Å². The van der Waals surface area contributed by atoms with E-state index >= 15 is 0 Å². The normalized spacial score (nSPS) is 14.3. The lowest BCUT2D eigenvalue weighted by Crippen LogP contribution is -2.40. The van der Waals surface area contributed by atoms with Gasteiger partial charge in [-0.15, -0.1) is 0 Å². The highest BCUT2D eigenvalue weighted by molar-refractivity contribution is 7.07. The molecule has 2 aromatic carbocycles. The number of furan rings is 1. The van der Waals surface area contributed by atoms with Gasteiger partial charge in [0, 0.05) is 11.6 Å². The summed E-state index contributed by atoms with van der Waals surface area (Å²) < 4.78 is 29.1. The zero-order valence-corrected chi connectivity index (χ0v) is 27.3. The Hall–Kier alpha value is -5.14. The number of methoxy groups -OCH3 is 1. The molecule has 12 nitrogen and oxygen atoms in total. The number of aromatic carboxylic acids is 1. The summed E-state index contributed by atoms with van der Waals surface area (Å²) >= 11 is 7.42. The first-order valence-electron chi connectivity index (χ1n) is 14.3. The first kappa shape index (κ1) is 33.2. The van der Waals surface area contributed by atoms with Gasteiger partial charge in [-0.3, -0.25) is 9.36 Å². The van der Waals surface area contributed by atoms with Crippen LogP contribution in [-0.4, -0.2) is 54.5 Å². The molecule has 0 fully saturated rings. The molecule has 0 bridgehead atoms. The molecule has 0 radical (unpaired) electrons. The van der Waals surface area contributed by atoms with Crippen LogP contribution < -0.4 is 24.4 Å². The Morgan fingerprint density at radius 1 is 1.06 bits per heavy atom. The predicted molar refractivity (Wildman–Crippen MR) is 172 cm³/mol. The van der Waals surface area contributed by atoms with Crippen molar-refractivity contribution in [2.75, 3.05) is 26.9 Å². The summed E-state index contributed by atoms with van der Waals surface area (Å²) in [5, 5.41) is 9.68. The highest BCUT2D eigenvalue weighted by Gasteiger charge is 2.34. The number of benzene rings is 2. The monoisotopic (exact) mass is 680 g/mol. The minimum absolute atomic E-state index is 0.0407. The molecule has 0 saturated heterocycles. The first-order chi connectivity index (χ1) is 22.6. The van der Waals surface area contributed by atoms with Crippen LogP contribution in [0.5, 0.6) is 11.5 Å². The number of ether oxygens (including phenoxy) is 4. The number of fused-ring (bicyclic) bond motifs is 1. The number of nitrogens with zero attached hydrogens (tertiary/aromatic N) is 2. The van der Waals surface area contributed by atoms with Gasteiger partial charge < -0.3 is 28.5 Å². The maximum Gasteiger partial charge on any atom is 0.343 e. The summed E-state index contributed by atoms with van der Waals surface area (Å²) in [6.45, 7) is 5.17. The van der Waals surface area contributed by atoms with Gasteiger partial charge in [-0.2, -0.15) is 0 Å². The molecule has 0 amide bonds. The Morgan fingerprint density at radius 2 is 1.85 bits per heavy atom. The van der Waals surface area contributed by atoms with E-state index in [4.69, 9.17) is 30.2 Å². The number of rotatable bonds is 11. The minimum Gasteiger partial charge on any atom is -0.490 e. The largest absolute Gasteiger partial charge is 0.490 e. The molecule has 0 saturated carbocycles. The number of hydrogen-bond acceptors (Lipinski definition) is 11. The number of allylic oxidation sites excluding steroid dienone is 1. The molecular weight excluding hydrogens is 652 g/mol. The third kappa shape index (κ3) is 6.86. The number of carbonyl (C=O) groups excluding carboxylic acids is 2. The van der Waals surface area contributed by atoms with E-state index in [1.807, 2.05) is 0 Å². The van der Waals surface area contributed by atoms with Gasteiger partial charge in [0.2, 0.25) is 0 Å². The van der Waals surface area contributed by atoms with Gasteiger partial charge >= 0.3 is 17.9 Å². The zero-order valence-electron chi connectivity index (χ0n) is 25.7. The Balaban J connectivity index is 1.62. The van der Waals surface area contributed by atoms with Crippen LogP contribution in [0.15, 0.2) is 74.0 Å². The van der Waals surface area contributed by atoms with Crippen LogP contribution in [0.1, 0.15) is 48.5 Å². The Labute approximate surface area is 276 Å². The van der Waals surface area contributed by atoms with Gasteiger partial charge in [0.25, 0.3) is 5.56 Å². The van der Waals surface area contributed by atoms with Gasteiger partial charge in [0.15, 0.2) is 22.9 Å². The second-order valence-electron chi connectivity index (χ2n) is 10.0. The van der Waals surface area contributed by atoms with Crippen molar-refractivity contribution in [2.45, 2.75) is 26.8 Å². The molecule has 244 valence electrons. The Bertz CT molecular complexity index is 2090. The Kier molecular flexibility index (Phi) is 9.97. The van der Waals surface area contributed by atoms with Crippen molar-refractivity contribution in [3.8, 4) is 22.8 Å². The van der Waals surface area contributed by atoms with Crippen molar-refractivity contribution in [1.82, 2.24) is 4.57 Å². The third-order valence-electron chi connectivity index (χ3n) is 7.05. The molecule has 1 aliphatic heterocycles. The highest BCUT2D eigenvalue weighted by atomic mass is 35.5. The number of carbonyl (C=O) groups is 3. The van der Waals surface area contributed by atoms with Gasteiger partial charge in [-0.1, -0.05) is 29.0 Å². The molecule has 4 aromatic rings. The predicted octanol–water partition coefficient (Wildman–Crippen LogP) is 4.36. The molecule has 14 heteroatoms. The fourth-order valence-electron chi connectivity index (χ4n) is 4.94. The van der Waals surface area contributed by atoms with Crippen LogP contribution in [-0.2, 0) is 19.1 Å². The molecule has 1 aliphatic rings. The zero-order chi connectivity index (χ0) is 33.8. The van der Waals surface area contributed by atoms with Crippen LogP contribution in [0.4, 0.5) is 0 Å². The topological polar surface area (TPSA) is 156 Å². The molecule has 1 N–H and O–H groups in total. The number of aromatic nitrogens is 1. The number of esters is 2. The SMILES string of the molecule is CCOC(=O)C1=C(C)N=c2s/c(=C\c3ccc(-c4cc(C(=O)O)ccc4Cl)o3)c(=O)n2[C@H]1c1ccc(OCC(=O)OC)c(OCC)c1. The van der Waals surface area contributed by atoms with E-state index in [0.29, 0.717) is 43.9 Å². The van der Waals surface area contributed by atoms with E-state index in [0.717, 1.165) is 11.3 Å². The molecule has 1 atom stereocenters. The van der Waals surface area contributed by atoms with Crippen molar-refractivity contribution in [3.63, 3.8) is 0 Å². The van der Waals surface area contributed by atoms with E-state index in [2.05, 4.69) is 9.73 Å². The molecule has 0 unspecified atom stereocenters. The smallest absolute Gasteiger partial charge is 0.343 e. The van der Waals surface area contributed by atoms with Crippen molar-refractivity contribution in [2.24, 2.45) is 4.99 Å². The summed E-state index contributed by atoms with van der Waals surface area (Å²) in [4.78, 5) is 55.4. The van der Waals surface area contributed by atoms with Gasteiger partial charge in [-0.25, -0.2) is 19.4 Å². The average molecular weight is 681 g/mol. The van der Waals surface area contributed by atoms with E-state index in [9.17, 15) is 24.3 Å². The first-order valence-corrected chi connectivity index (χ1v) is 15.5. The number of hydrogen-bond donors (Lipinski definition) is 1. The number of thiazole rings is 1. The second kappa shape index (κ2) is 14.1. The summed E-state index contributed by atoms with van der Waals surface area (Å²) in [6, 6.07) is 11.5. The maximum atomic E-state index is 14.0. The Morgan fingerprint density at radius 3 is 2.55 bits per heavy atom. The molecule has 5 rings (SSSR count). The molecule has 47 heavy (non-hydrogen) atoms. The fraction of sp³-hybridized carbons (Fsp3) is 0.242. The van der Waals surface area contributed by atoms with Gasteiger partial charge in [0.05, 0.1) is 52.8 Å². The lowest BCUT2D eigenvalue weighted by atomic mass is 9.95. The minimum atomic E-state index is -1.11. The molecule has 2 aromatic heterocycles. The highest BCUT2D eigenvalue weighted by Crippen LogP contribution is 2.36. The average Bonchev–Trinajstić information content (AvgIpc) is 3.63. The van der Waals surface area contributed by atoms with Crippen LogP contribution in [0, 0.1) is 0 Å². The van der Waals surface area contributed by atoms with Crippen LogP contribution in [0.2, 0.25) is 5.02 Å². The lowest BCUT2D eigenvalue weighted by molar-refractivity contribution is -0.143.